The van der Waals surface area contributed by atoms with Crippen molar-refractivity contribution < 1.29 is 24.6 Å². The molecule has 0 heterocycles. The van der Waals surface area contributed by atoms with Crippen molar-refractivity contribution in [1.29, 1.82) is 0 Å². The van der Waals surface area contributed by atoms with Gasteiger partial charge in [-0.25, -0.2) is 0 Å². The second-order valence-electron chi connectivity index (χ2n) is 5.11. The van der Waals surface area contributed by atoms with Crippen LogP contribution in [0, 0.1) is 10.8 Å². The minimum absolute atomic E-state index is 0.583. The summed E-state index contributed by atoms with van der Waals surface area (Å²) >= 11 is 0. The maximum absolute atomic E-state index is 10.0. The van der Waals surface area contributed by atoms with Gasteiger partial charge >= 0.3 is 11.9 Å². The first-order chi connectivity index (χ1) is 6.89. The lowest BCUT2D eigenvalue weighted by molar-refractivity contribution is -0.146. The van der Waals surface area contributed by atoms with Gasteiger partial charge in [-0.2, -0.15) is 0 Å². The van der Waals surface area contributed by atoms with Crippen LogP contribution in [0.2, 0.25) is 0 Å². The fourth-order valence-electron chi connectivity index (χ4n) is 0. The number of carboxylic acid groups (broad SMARTS) is 2. The third-order valence-electron chi connectivity index (χ3n) is 1.28. The highest BCUT2D eigenvalue weighted by Crippen LogP contribution is 2.11. The third-order valence-corrected chi connectivity index (χ3v) is 1.28. The van der Waals surface area contributed by atoms with E-state index in [1.807, 2.05) is 6.79 Å². The van der Waals surface area contributed by atoms with Crippen LogP contribution in [0.15, 0.2) is 0 Å². The van der Waals surface area contributed by atoms with Gasteiger partial charge in [0.1, 0.15) is 6.79 Å². The Labute approximate surface area is 96.5 Å². The number of carbonyl (C=O) groups is 3. The number of carbonyl (C=O) groups excluding carboxylic acids is 1. The molecule has 0 rings (SSSR count). The molecule has 0 fully saturated rings. The zero-order valence-electron chi connectivity index (χ0n) is 10.8. The van der Waals surface area contributed by atoms with Crippen LogP contribution in [0.1, 0.15) is 41.5 Å². The summed E-state index contributed by atoms with van der Waals surface area (Å²) in [6.45, 7) is 12.0. The molecule has 5 nitrogen and oxygen atoms in total. The number of rotatable bonds is 0. The van der Waals surface area contributed by atoms with Gasteiger partial charge in [-0.1, -0.05) is 0 Å². The molecular formula is C11H22O5. The van der Waals surface area contributed by atoms with E-state index < -0.39 is 22.8 Å². The van der Waals surface area contributed by atoms with Gasteiger partial charge in [0.15, 0.2) is 0 Å². The zero-order valence-corrected chi connectivity index (χ0v) is 10.8. The molecule has 0 aliphatic carbocycles. The van der Waals surface area contributed by atoms with Gasteiger partial charge in [-0.05, 0) is 41.5 Å². The summed E-state index contributed by atoms with van der Waals surface area (Å²) in [6, 6.07) is 0. The molecule has 2 N–H and O–H groups in total. The molecule has 0 amide bonds. The predicted molar refractivity (Wildman–Crippen MR) is 61.3 cm³/mol. The second-order valence-corrected chi connectivity index (χ2v) is 5.11. The van der Waals surface area contributed by atoms with Gasteiger partial charge in [0.25, 0.3) is 0 Å². The van der Waals surface area contributed by atoms with Crippen LogP contribution < -0.4 is 0 Å². The molecule has 16 heavy (non-hydrogen) atoms. The van der Waals surface area contributed by atoms with E-state index in [1.54, 1.807) is 41.5 Å². The average molecular weight is 234 g/mol. The normalized spacial score (nSPS) is 10.1. The van der Waals surface area contributed by atoms with Crippen molar-refractivity contribution in [2.24, 2.45) is 10.8 Å². The van der Waals surface area contributed by atoms with E-state index in [4.69, 9.17) is 15.0 Å². The van der Waals surface area contributed by atoms with Gasteiger partial charge in [0.2, 0.25) is 0 Å². The first kappa shape index (κ1) is 20.1. The lowest BCUT2D eigenvalue weighted by Crippen LogP contribution is -2.18. The van der Waals surface area contributed by atoms with Gasteiger partial charge in [0, 0.05) is 0 Å². The molecule has 0 aromatic heterocycles. The standard InChI is InChI=1S/2C5H10O2.CH2O/c2*1-5(2,3)4(6)7;1-2/h2*1-3H3,(H,6,7);1H2. The molecule has 0 bridgehead atoms. The Kier molecular flexibility index (Phi) is 9.84. The highest BCUT2D eigenvalue weighted by atomic mass is 16.4. The molecule has 0 unspecified atom stereocenters. The van der Waals surface area contributed by atoms with Crippen LogP contribution in [0.5, 0.6) is 0 Å². The highest BCUT2D eigenvalue weighted by Gasteiger charge is 2.19. The van der Waals surface area contributed by atoms with E-state index >= 15 is 0 Å². The maximum atomic E-state index is 10.0. The summed E-state index contributed by atoms with van der Waals surface area (Å²) in [6.07, 6.45) is 0. The Morgan fingerprint density at radius 2 is 0.812 bits per heavy atom. The minimum Gasteiger partial charge on any atom is -0.481 e. The monoisotopic (exact) mass is 234 g/mol. The second kappa shape index (κ2) is 7.84. The molecule has 0 aliphatic heterocycles. The van der Waals surface area contributed by atoms with E-state index in [9.17, 15) is 9.59 Å². The Morgan fingerprint density at radius 1 is 0.750 bits per heavy atom. The van der Waals surface area contributed by atoms with E-state index in [1.165, 1.54) is 0 Å². The number of hydrogen-bond acceptors (Lipinski definition) is 3. The van der Waals surface area contributed by atoms with Crippen LogP contribution in [-0.2, 0) is 14.4 Å². The topological polar surface area (TPSA) is 91.7 Å². The Balaban J connectivity index is -0.000000183. The highest BCUT2D eigenvalue weighted by molar-refractivity contribution is 5.73. The van der Waals surface area contributed by atoms with Gasteiger partial charge in [-0.3, -0.25) is 9.59 Å². The van der Waals surface area contributed by atoms with Crippen LogP contribution in [0.3, 0.4) is 0 Å². The number of aliphatic carboxylic acids is 2. The third kappa shape index (κ3) is 15.1. The van der Waals surface area contributed by atoms with E-state index in [0.717, 1.165) is 0 Å². The fourth-order valence-corrected chi connectivity index (χ4v) is 0. The van der Waals surface area contributed by atoms with Crippen molar-refractivity contribution >= 4 is 18.7 Å². The molecule has 0 saturated carbocycles. The molecule has 0 aliphatic rings. The quantitative estimate of drug-likeness (QED) is 0.669. The lowest BCUT2D eigenvalue weighted by atomic mass is 9.98. The summed E-state index contributed by atoms with van der Waals surface area (Å²) in [5.74, 6) is -1.51. The van der Waals surface area contributed by atoms with Gasteiger partial charge in [-0.15, -0.1) is 0 Å². The molecule has 5 heteroatoms. The minimum atomic E-state index is -0.757. The molecular weight excluding hydrogens is 212 g/mol. The number of hydrogen-bond donors (Lipinski definition) is 2. The smallest absolute Gasteiger partial charge is 0.308 e. The Morgan fingerprint density at radius 3 is 0.812 bits per heavy atom. The largest absolute Gasteiger partial charge is 0.481 e. The van der Waals surface area contributed by atoms with Crippen LogP contribution in [0.25, 0.3) is 0 Å². The molecule has 0 aromatic rings. The Hall–Kier alpha value is -1.39. The lowest BCUT2D eigenvalue weighted by Gasteiger charge is -2.08. The summed E-state index contributed by atoms with van der Waals surface area (Å²) < 4.78 is 0. The van der Waals surface area contributed by atoms with E-state index in [0.29, 0.717) is 0 Å². The SMILES string of the molecule is C=O.CC(C)(C)C(=O)O.CC(C)(C)C(=O)O. The fraction of sp³-hybridized carbons (Fsp3) is 0.727. The van der Waals surface area contributed by atoms with Crippen molar-refractivity contribution in [1.82, 2.24) is 0 Å². The Bertz CT molecular complexity index is 196. The van der Waals surface area contributed by atoms with Crippen molar-refractivity contribution in [3.63, 3.8) is 0 Å². The van der Waals surface area contributed by atoms with Crippen LogP contribution >= 0.6 is 0 Å². The van der Waals surface area contributed by atoms with Crippen LogP contribution in [0.4, 0.5) is 0 Å². The van der Waals surface area contributed by atoms with Crippen molar-refractivity contribution in [3.8, 4) is 0 Å². The van der Waals surface area contributed by atoms with Crippen molar-refractivity contribution in [2.75, 3.05) is 0 Å². The first-order valence-corrected chi connectivity index (χ1v) is 4.64. The van der Waals surface area contributed by atoms with Crippen molar-refractivity contribution in [3.05, 3.63) is 0 Å². The first-order valence-electron chi connectivity index (χ1n) is 4.64. The van der Waals surface area contributed by atoms with E-state index in [2.05, 4.69) is 0 Å². The summed E-state index contributed by atoms with van der Waals surface area (Å²) in [5.41, 5.74) is -1.17. The molecule has 0 aromatic carbocycles. The predicted octanol–water partition coefficient (Wildman–Crippen LogP) is 2.05. The van der Waals surface area contributed by atoms with Gasteiger partial charge in [0.05, 0.1) is 10.8 Å². The maximum Gasteiger partial charge on any atom is 0.308 e. The van der Waals surface area contributed by atoms with Crippen molar-refractivity contribution in [2.45, 2.75) is 41.5 Å². The molecule has 0 saturated heterocycles. The average Bonchev–Trinajstić information content (AvgIpc) is 2.05. The summed E-state index contributed by atoms with van der Waals surface area (Å²) in [5, 5.41) is 16.5. The molecule has 96 valence electrons. The molecule has 0 spiro atoms. The summed E-state index contributed by atoms with van der Waals surface area (Å²) in [4.78, 5) is 28.0. The van der Waals surface area contributed by atoms with Gasteiger partial charge < -0.3 is 15.0 Å². The van der Waals surface area contributed by atoms with Crippen LogP contribution in [-0.4, -0.2) is 28.9 Å². The zero-order chi connectivity index (χ0) is 14.2. The molecule has 0 radical (unpaired) electrons. The number of carboxylic acids is 2. The molecule has 0 atom stereocenters. The summed E-state index contributed by atoms with van der Waals surface area (Å²) in [7, 11) is 0. The van der Waals surface area contributed by atoms with E-state index in [-0.39, 0.29) is 0 Å².